The second-order valence-electron chi connectivity index (χ2n) is 9.26. The highest BCUT2D eigenvalue weighted by atomic mass is 28.4. The van der Waals surface area contributed by atoms with Crippen molar-refractivity contribution >= 4 is 20.2 Å². The molecule has 1 heterocycles. The number of primary amides is 1. The van der Waals surface area contributed by atoms with Crippen LogP contribution in [-0.2, 0) is 15.6 Å². The van der Waals surface area contributed by atoms with Gasteiger partial charge in [-0.2, -0.15) is 0 Å². The number of nitrogens with two attached hydrogens (primary N) is 1. The smallest absolute Gasteiger partial charge is 0.338 e. The summed E-state index contributed by atoms with van der Waals surface area (Å²) in [6.07, 6.45) is 4.81. The van der Waals surface area contributed by atoms with Gasteiger partial charge < -0.3 is 19.5 Å². The van der Waals surface area contributed by atoms with Crippen LogP contribution in [0.1, 0.15) is 66.6 Å². The van der Waals surface area contributed by atoms with Crippen molar-refractivity contribution in [2.45, 2.75) is 64.7 Å². The second kappa shape index (κ2) is 10.2. The van der Waals surface area contributed by atoms with Gasteiger partial charge in [-0.1, -0.05) is 32.9 Å². The van der Waals surface area contributed by atoms with E-state index >= 15 is 0 Å². The van der Waals surface area contributed by atoms with E-state index in [-0.39, 0.29) is 22.7 Å². The van der Waals surface area contributed by atoms with E-state index in [1.54, 1.807) is 25.5 Å². The maximum Gasteiger partial charge on any atom is 0.338 e. The molecule has 2 N–H and O–H groups in total. The average molecular weight is 446 g/mol. The number of carbonyl (C=O) groups excluding carboxylic acids is 2. The molecule has 0 aliphatic carbocycles. The number of benzene rings is 1. The molecule has 1 aromatic carbocycles. The molecule has 2 rings (SSSR count). The van der Waals surface area contributed by atoms with Gasteiger partial charge >= 0.3 is 5.97 Å². The van der Waals surface area contributed by atoms with E-state index in [1.165, 1.54) is 0 Å². The lowest BCUT2D eigenvalue weighted by atomic mass is 10.0. The van der Waals surface area contributed by atoms with Crippen LogP contribution in [0.25, 0.3) is 0 Å². The average Bonchev–Trinajstić information content (AvgIpc) is 3.18. The van der Waals surface area contributed by atoms with Gasteiger partial charge in [0.25, 0.3) is 5.91 Å². The number of ether oxygens (including phenoxy) is 1. The minimum atomic E-state index is -1.94. The second-order valence-corrected chi connectivity index (χ2v) is 14.1. The zero-order valence-corrected chi connectivity index (χ0v) is 20.5. The highest BCUT2D eigenvalue weighted by Gasteiger charge is 2.37. The Kier molecular flexibility index (Phi) is 8.19. The third-order valence-corrected chi connectivity index (χ3v) is 10.4. The molecule has 1 aromatic heterocycles. The molecule has 0 radical (unpaired) electrons. The third-order valence-electron chi connectivity index (χ3n) is 5.92. The van der Waals surface area contributed by atoms with Crippen LogP contribution in [0.15, 0.2) is 36.8 Å². The van der Waals surface area contributed by atoms with Crippen LogP contribution in [0.2, 0.25) is 18.1 Å². The van der Waals surface area contributed by atoms with Gasteiger partial charge in [0, 0.05) is 6.20 Å². The Morgan fingerprint density at radius 3 is 2.55 bits per heavy atom. The maximum atomic E-state index is 12.0. The van der Waals surface area contributed by atoms with Crippen molar-refractivity contribution in [2.24, 2.45) is 5.73 Å². The molecule has 0 saturated heterocycles. The Labute approximate surface area is 186 Å². The Balaban J connectivity index is 2.18. The monoisotopic (exact) mass is 445 g/mol. The van der Waals surface area contributed by atoms with Crippen LogP contribution in [0.3, 0.4) is 0 Å². The van der Waals surface area contributed by atoms with E-state index in [9.17, 15) is 9.59 Å². The first kappa shape index (κ1) is 24.8. The summed E-state index contributed by atoms with van der Waals surface area (Å²) in [4.78, 5) is 27.7. The predicted octanol–water partition coefficient (Wildman–Crippen LogP) is 4.35. The highest BCUT2D eigenvalue weighted by Crippen LogP contribution is 2.37. The van der Waals surface area contributed by atoms with E-state index in [0.29, 0.717) is 18.8 Å². The molecule has 8 heteroatoms. The molecular formula is C23H35N3O4Si. The van der Waals surface area contributed by atoms with Crippen molar-refractivity contribution in [3.63, 3.8) is 0 Å². The van der Waals surface area contributed by atoms with Crippen LogP contribution < -0.4 is 5.73 Å². The van der Waals surface area contributed by atoms with Crippen LogP contribution in [0.4, 0.5) is 0 Å². The number of nitrogens with zero attached hydrogens (tertiary/aromatic N) is 2. The standard InChI is InChI=1S/C23H35N3O4Si/c1-7-29-22(28)18-10-8-9-17(13-18)11-12-19(15-30-31(5,6)23(2,3)4)26-14-20(21(24)27)25-16-26/h8-10,13-14,16,19H,7,11-12,15H2,1-6H3,(H2,24,27). The van der Waals surface area contributed by atoms with Gasteiger partial charge in [-0.05, 0) is 55.6 Å². The third kappa shape index (κ3) is 6.77. The van der Waals surface area contributed by atoms with Gasteiger partial charge in [0.1, 0.15) is 5.69 Å². The minimum absolute atomic E-state index is 0.0130. The fraction of sp³-hybridized carbons (Fsp3) is 0.522. The van der Waals surface area contributed by atoms with Gasteiger partial charge in [0.2, 0.25) is 0 Å². The van der Waals surface area contributed by atoms with E-state index in [0.717, 1.165) is 18.4 Å². The summed E-state index contributed by atoms with van der Waals surface area (Å²) in [6.45, 7) is 13.7. The van der Waals surface area contributed by atoms with E-state index < -0.39 is 14.2 Å². The molecule has 1 atom stereocenters. The quantitative estimate of drug-likeness (QED) is 0.433. The van der Waals surface area contributed by atoms with Crippen molar-refractivity contribution in [1.29, 1.82) is 0 Å². The first-order chi connectivity index (χ1) is 14.4. The van der Waals surface area contributed by atoms with E-state index in [2.05, 4.69) is 38.8 Å². The van der Waals surface area contributed by atoms with Gasteiger partial charge in [0.05, 0.1) is 31.1 Å². The van der Waals surface area contributed by atoms with Crippen LogP contribution in [0.5, 0.6) is 0 Å². The summed E-state index contributed by atoms with van der Waals surface area (Å²) in [5, 5.41) is 0.0961. The molecule has 0 spiro atoms. The van der Waals surface area contributed by atoms with Crippen molar-refractivity contribution in [2.75, 3.05) is 13.2 Å². The molecule has 31 heavy (non-hydrogen) atoms. The van der Waals surface area contributed by atoms with Gasteiger partial charge in [-0.25, -0.2) is 9.78 Å². The largest absolute Gasteiger partial charge is 0.462 e. The van der Waals surface area contributed by atoms with Gasteiger partial charge in [-0.15, -0.1) is 0 Å². The molecule has 0 fully saturated rings. The van der Waals surface area contributed by atoms with E-state index in [1.807, 2.05) is 22.8 Å². The van der Waals surface area contributed by atoms with Crippen molar-refractivity contribution in [1.82, 2.24) is 9.55 Å². The maximum absolute atomic E-state index is 12.0. The van der Waals surface area contributed by atoms with Crippen molar-refractivity contribution < 1.29 is 18.8 Å². The summed E-state index contributed by atoms with van der Waals surface area (Å²) in [6, 6.07) is 7.48. The molecule has 170 valence electrons. The summed E-state index contributed by atoms with van der Waals surface area (Å²) in [5.74, 6) is -0.868. The Hall–Kier alpha value is -2.45. The fourth-order valence-electron chi connectivity index (χ4n) is 2.90. The molecule has 0 aliphatic rings. The number of aryl methyl sites for hydroxylation is 1. The normalized spacial score (nSPS) is 13.1. The lowest BCUT2D eigenvalue weighted by Gasteiger charge is -2.37. The van der Waals surface area contributed by atoms with Crippen LogP contribution >= 0.6 is 0 Å². The van der Waals surface area contributed by atoms with Crippen LogP contribution in [-0.4, -0.2) is 43.0 Å². The minimum Gasteiger partial charge on any atom is -0.462 e. The lowest BCUT2D eigenvalue weighted by Crippen LogP contribution is -2.42. The Morgan fingerprint density at radius 2 is 1.97 bits per heavy atom. The zero-order valence-electron chi connectivity index (χ0n) is 19.5. The highest BCUT2D eigenvalue weighted by molar-refractivity contribution is 6.74. The SMILES string of the molecule is CCOC(=O)c1cccc(CCC(CO[Si](C)(C)C(C)(C)C)n2cnc(C(N)=O)c2)c1. The molecule has 0 saturated carbocycles. The number of aromatic nitrogens is 2. The zero-order chi connectivity index (χ0) is 23.2. The fourth-order valence-corrected chi connectivity index (χ4v) is 3.95. The van der Waals surface area contributed by atoms with E-state index in [4.69, 9.17) is 14.9 Å². The first-order valence-corrected chi connectivity index (χ1v) is 13.6. The molecule has 1 amide bonds. The number of hydrogen-bond donors (Lipinski definition) is 1. The Bertz CT molecular complexity index is 902. The number of rotatable bonds is 10. The van der Waals surface area contributed by atoms with Gasteiger partial charge in [-0.3, -0.25) is 4.79 Å². The van der Waals surface area contributed by atoms with Gasteiger partial charge in [0.15, 0.2) is 8.32 Å². The molecule has 1 unspecified atom stereocenters. The Morgan fingerprint density at radius 1 is 1.26 bits per heavy atom. The van der Waals surface area contributed by atoms with Crippen molar-refractivity contribution in [3.8, 4) is 0 Å². The number of imidazole rings is 1. The lowest BCUT2D eigenvalue weighted by molar-refractivity contribution is 0.0526. The number of carbonyl (C=O) groups is 2. The molecule has 0 aliphatic heterocycles. The summed E-state index contributed by atoms with van der Waals surface area (Å²) >= 11 is 0. The predicted molar refractivity (Wildman–Crippen MR) is 124 cm³/mol. The molecular weight excluding hydrogens is 410 g/mol. The number of amides is 1. The topological polar surface area (TPSA) is 96.4 Å². The number of esters is 1. The molecule has 0 bridgehead atoms. The van der Waals surface area contributed by atoms with Crippen molar-refractivity contribution in [3.05, 3.63) is 53.6 Å². The first-order valence-electron chi connectivity index (χ1n) is 10.7. The number of hydrogen-bond acceptors (Lipinski definition) is 5. The molecule has 7 nitrogen and oxygen atoms in total. The summed E-state index contributed by atoms with van der Waals surface area (Å²) in [5.41, 5.74) is 7.20. The summed E-state index contributed by atoms with van der Waals surface area (Å²) < 4.78 is 13.5. The van der Waals surface area contributed by atoms with Crippen LogP contribution in [0, 0.1) is 0 Å². The summed E-state index contributed by atoms with van der Waals surface area (Å²) in [7, 11) is -1.94. The molecule has 2 aromatic rings.